The molecule has 1 aliphatic heterocycles. The Bertz CT molecular complexity index is 349. The summed E-state index contributed by atoms with van der Waals surface area (Å²) in [5, 5.41) is 0. The molecule has 1 aliphatic carbocycles. The van der Waals surface area contributed by atoms with Crippen LogP contribution in [0, 0.1) is 5.92 Å². The van der Waals surface area contributed by atoms with Gasteiger partial charge in [0.15, 0.2) is 0 Å². The molecular weight excluding hydrogens is 246 g/mol. The third-order valence-corrected chi connectivity index (χ3v) is 4.15. The van der Waals surface area contributed by atoms with Gasteiger partial charge in [-0.3, -0.25) is 4.72 Å². The lowest BCUT2D eigenvalue weighted by molar-refractivity contribution is 0.600. The smallest absolute Gasteiger partial charge is 0.0464 e. The zero-order valence-electron chi connectivity index (χ0n) is 7.09. The van der Waals surface area contributed by atoms with E-state index in [0.717, 1.165) is 5.92 Å². The maximum absolute atomic E-state index is 3.52. The van der Waals surface area contributed by atoms with E-state index in [1.54, 1.807) is 11.9 Å². The van der Waals surface area contributed by atoms with Crippen LogP contribution >= 0.6 is 27.9 Å². The van der Waals surface area contributed by atoms with Gasteiger partial charge in [0, 0.05) is 15.4 Å². The Morgan fingerprint density at radius 1 is 1.38 bits per heavy atom. The average Bonchev–Trinajstić information content (AvgIpc) is 2.87. The molecule has 1 nitrogen and oxygen atoms in total. The minimum absolute atomic E-state index is 0.609. The maximum Gasteiger partial charge on any atom is 0.0464 e. The summed E-state index contributed by atoms with van der Waals surface area (Å²) in [6.07, 6.45) is 2.79. The summed E-state index contributed by atoms with van der Waals surface area (Å²) in [4.78, 5) is 1.40. The first-order valence-electron chi connectivity index (χ1n) is 4.56. The highest BCUT2D eigenvalue weighted by molar-refractivity contribution is 9.10. The first-order valence-corrected chi connectivity index (χ1v) is 6.17. The minimum Gasteiger partial charge on any atom is -0.252 e. The molecule has 0 spiro atoms. The van der Waals surface area contributed by atoms with Crippen LogP contribution in [0.5, 0.6) is 0 Å². The van der Waals surface area contributed by atoms with Crippen molar-refractivity contribution in [2.75, 3.05) is 0 Å². The summed E-state index contributed by atoms with van der Waals surface area (Å²) in [7, 11) is 0. The highest BCUT2D eigenvalue weighted by atomic mass is 79.9. The van der Waals surface area contributed by atoms with Gasteiger partial charge in [0.05, 0.1) is 0 Å². The van der Waals surface area contributed by atoms with Crippen LogP contribution in [0.2, 0.25) is 0 Å². The topological polar surface area (TPSA) is 12.0 Å². The van der Waals surface area contributed by atoms with Crippen molar-refractivity contribution in [1.82, 2.24) is 4.72 Å². The summed E-state index contributed by atoms with van der Waals surface area (Å²) in [5.41, 5.74) is 1.49. The fraction of sp³-hybridized carbons (Fsp3) is 0.400. The van der Waals surface area contributed by atoms with Gasteiger partial charge in [-0.1, -0.05) is 15.9 Å². The summed E-state index contributed by atoms with van der Waals surface area (Å²) < 4.78 is 4.70. The largest absolute Gasteiger partial charge is 0.252 e. The second kappa shape index (κ2) is 3.01. The van der Waals surface area contributed by atoms with Crippen LogP contribution in [0.1, 0.15) is 24.4 Å². The molecule has 3 heteroatoms. The van der Waals surface area contributed by atoms with Crippen molar-refractivity contribution in [1.29, 1.82) is 0 Å². The van der Waals surface area contributed by atoms with Gasteiger partial charge >= 0.3 is 0 Å². The van der Waals surface area contributed by atoms with E-state index in [1.165, 1.54) is 27.8 Å². The quantitative estimate of drug-likeness (QED) is 0.771. The first-order chi connectivity index (χ1) is 6.34. The molecule has 1 unspecified atom stereocenters. The standard InChI is InChI=1S/C10H10BrNS/c11-7-3-4-9-8(5-7)10(12-13-9)6-1-2-6/h3-6,10,12H,1-2H2. The number of rotatable bonds is 1. The Morgan fingerprint density at radius 3 is 3.00 bits per heavy atom. The fourth-order valence-electron chi connectivity index (χ4n) is 1.83. The van der Waals surface area contributed by atoms with Crippen LogP contribution in [-0.4, -0.2) is 0 Å². The molecule has 13 heavy (non-hydrogen) atoms. The lowest BCUT2D eigenvalue weighted by Gasteiger charge is -2.08. The summed E-state index contributed by atoms with van der Waals surface area (Å²) in [6.45, 7) is 0. The molecular formula is C10H10BrNS. The zero-order valence-corrected chi connectivity index (χ0v) is 9.49. The molecule has 3 rings (SSSR count). The molecule has 0 radical (unpaired) electrons. The molecule has 1 N–H and O–H groups in total. The van der Waals surface area contributed by atoms with Gasteiger partial charge in [-0.25, -0.2) is 0 Å². The summed E-state index contributed by atoms with van der Waals surface area (Å²) in [6, 6.07) is 7.17. The molecule has 1 saturated carbocycles. The van der Waals surface area contributed by atoms with Crippen molar-refractivity contribution in [2.24, 2.45) is 5.92 Å². The van der Waals surface area contributed by atoms with Gasteiger partial charge in [-0.05, 0) is 54.5 Å². The number of benzene rings is 1. The van der Waals surface area contributed by atoms with Crippen LogP contribution in [0.4, 0.5) is 0 Å². The molecule has 1 aromatic carbocycles. The SMILES string of the molecule is Brc1ccc2c(c1)C(C1CC1)NS2. The molecule has 1 atom stereocenters. The van der Waals surface area contributed by atoms with E-state index in [2.05, 4.69) is 38.9 Å². The maximum atomic E-state index is 3.52. The van der Waals surface area contributed by atoms with Gasteiger partial charge in [-0.15, -0.1) is 0 Å². The molecule has 0 saturated heterocycles. The molecule has 1 heterocycles. The van der Waals surface area contributed by atoms with E-state index >= 15 is 0 Å². The van der Waals surface area contributed by atoms with E-state index in [4.69, 9.17) is 0 Å². The molecule has 1 fully saturated rings. The van der Waals surface area contributed by atoms with E-state index in [-0.39, 0.29) is 0 Å². The molecule has 0 amide bonds. The Kier molecular flexibility index (Phi) is 1.93. The van der Waals surface area contributed by atoms with Crippen LogP contribution in [-0.2, 0) is 0 Å². The lowest BCUT2D eigenvalue weighted by Crippen LogP contribution is -2.09. The van der Waals surface area contributed by atoms with E-state index < -0.39 is 0 Å². The van der Waals surface area contributed by atoms with Gasteiger partial charge in [-0.2, -0.15) is 0 Å². The molecule has 0 bridgehead atoms. The molecule has 68 valence electrons. The van der Waals surface area contributed by atoms with Crippen LogP contribution < -0.4 is 4.72 Å². The van der Waals surface area contributed by atoms with E-state index in [0.29, 0.717) is 6.04 Å². The zero-order chi connectivity index (χ0) is 8.84. The number of hydrogen-bond acceptors (Lipinski definition) is 2. The van der Waals surface area contributed by atoms with Crippen LogP contribution in [0.15, 0.2) is 27.6 Å². The Morgan fingerprint density at radius 2 is 2.23 bits per heavy atom. The lowest BCUT2D eigenvalue weighted by atomic mass is 10.0. The minimum atomic E-state index is 0.609. The predicted molar refractivity (Wildman–Crippen MR) is 58.6 cm³/mol. The second-order valence-corrected chi connectivity index (χ2v) is 5.51. The third-order valence-electron chi connectivity index (χ3n) is 2.70. The van der Waals surface area contributed by atoms with Gasteiger partial charge < -0.3 is 0 Å². The van der Waals surface area contributed by atoms with Crippen molar-refractivity contribution >= 4 is 27.9 Å². The monoisotopic (exact) mass is 255 g/mol. The van der Waals surface area contributed by atoms with Gasteiger partial charge in [0.1, 0.15) is 0 Å². The molecule has 0 aromatic heterocycles. The number of hydrogen-bond donors (Lipinski definition) is 1. The average molecular weight is 256 g/mol. The van der Waals surface area contributed by atoms with Gasteiger partial charge in [0.2, 0.25) is 0 Å². The van der Waals surface area contributed by atoms with Crippen LogP contribution in [0.3, 0.4) is 0 Å². The Balaban J connectivity index is 2.03. The Hall–Kier alpha value is 0.01000. The highest BCUT2D eigenvalue weighted by Crippen LogP contribution is 2.48. The predicted octanol–water partition coefficient (Wildman–Crippen LogP) is 3.51. The summed E-state index contributed by atoms with van der Waals surface area (Å²) >= 11 is 5.31. The number of fused-ring (bicyclic) bond motifs is 1. The highest BCUT2D eigenvalue weighted by Gasteiger charge is 2.36. The summed E-state index contributed by atoms with van der Waals surface area (Å²) in [5.74, 6) is 0.892. The van der Waals surface area contributed by atoms with Crippen molar-refractivity contribution in [3.8, 4) is 0 Å². The molecule has 2 aliphatic rings. The van der Waals surface area contributed by atoms with Crippen molar-refractivity contribution < 1.29 is 0 Å². The van der Waals surface area contributed by atoms with Crippen molar-refractivity contribution in [3.05, 3.63) is 28.2 Å². The van der Waals surface area contributed by atoms with Crippen molar-refractivity contribution in [3.63, 3.8) is 0 Å². The molecule has 1 aromatic rings. The van der Waals surface area contributed by atoms with Gasteiger partial charge in [0.25, 0.3) is 0 Å². The second-order valence-electron chi connectivity index (χ2n) is 3.72. The Labute approximate surface area is 90.6 Å². The normalized spacial score (nSPS) is 26.1. The van der Waals surface area contributed by atoms with E-state index in [9.17, 15) is 0 Å². The number of nitrogens with one attached hydrogen (secondary N) is 1. The third kappa shape index (κ3) is 1.43. The van der Waals surface area contributed by atoms with E-state index in [1.807, 2.05) is 0 Å². The van der Waals surface area contributed by atoms with Crippen LogP contribution in [0.25, 0.3) is 0 Å². The van der Waals surface area contributed by atoms with Crippen molar-refractivity contribution in [2.45, 2.75) is 23.8 Å². The number of halogens is 1. The fourth-order valence-corrected chi connectivity index (χ4v) is 3.22. The first kappa shape index (κ1) is 8.33.